The summed E-state index contributed by atoms with van der Waals surface area (Å²) < 4.78 is 0. The first-order valence-corrected chi connectivity index (χ1v) is 8.84. The molecule has 2 rings (SSSR count). The molecular weight excluding hydrogens is 298 g/mol. The number of amides is 1. The Hall–Kier alpha value is -0.730. The monoisotopic (exact) mass is 329 g/mol. The van der Waals surface area contributed by atoms with Crippen LogP contribution in [0.4, 0.5) is 0 Å². The van der Waals surface area contributed by atoms with Crippen LogP contribution in [0.5, 0.6) is 0 Å². The van der Waals surface area contributed by atoms with Crippen molar-refractivity contribution in [2.75, 3.05) is 19.6 Å². The number of piperidine rings is 2. The van der Waals surface area contributed by atoms with Crippen molar-refractivity contribution >= 4 is 5.91 Å². The normalized spacial score (nSPS) is 36.8. The van der Waals surface area contributed by atoms with Crippen molar-refractivity contribution in [3.63, 3.8) is 0 Å². The van der Waals surface area contributed by atoms with Gasteiger partial charge in [-0.15, -0.1) is 0 Å². The molecule has 5 atom stereocenters. The van der Waals surface area contributed by atoms with Crippen LogP contribution in [0.2, 0.25) is 0 Å². The fraction of sp³-hybridized carbons (Fsp3) is 0.938. The Morgan fingerprint density at radius 2 is 1.74 bits per heavy atom. The van der Waals surface area contributed by atoms with Gasteiger partial charge in [0.2, 0.25) is 5.91 Å². The van der Waals surface area contributed by atoms with Gasteiger partial charge in [-0.2, -0.15) is 0 Å². The summed E-state index contributed by atoms with van der Waals surface area (Å²) >= 11 is 0. The zero-order valence-electron chi connectivity index (χ0n) is 14.2. The molecule has 2 saturated heterocycles. The molecule has 2 aliphatic rings. The van der Waals surface area contributed by atoms with Crippen LogP contribution >= 0.6 is 0 Å². The van der Waals surface area contributed by atoms with Gasteiger partial charge in [-0.3, -0.25) is 4.79 Å². The number of aliphatic hydroxyl groups excluding tert-OH is 3. The van der Waals surface area contributed by atoms with Gasteiger partial charge in [-0.1, -0.05) is 19.8 Å². The maximum atomic E-state index is 12.6. The number of nitrogens with zero attached hydrogens (tertiary/aromatic N) is 2. The summed E-state index contributed by atoms with van der Waals surface area (Å²) in [5, 5.41) is 37.4. The fourth-order valence-electron chi connectivity index (χ4n) is 3.55. The summed E-state index contributed by atoms with van der Waals surface area (Å²) in [5.41, 5.74) is 0. The average molecular weight is 329 g/mol. The number of unbranched alkanes of at least 4 members (excludes halogenated alkanes) is 1. The zero-order valence-corrected chi connectivity index (χ0v) is 14.2. The molecule has 2 heterocycles. The van der Waals surface area contributed by atoms with Gasteiger partial charge in [-0.25, -0.2) is 10.0 Å². The molecule has 7 nitrogen and oxygen atoms in total. The Bertz CT molecular complexity index is 388. The van der Waals surface area contributed by atoms with Crippen molar-refractivity contribution in [3.8, 4) is 0 Å². The van der Waals surface area contributed by atoms with Crippen molar-refractivity contribution in [2.45, 2.75) is 76.3 Å². The van der Waals surface area contributed by atoms with E-state index in [0.717, 1.165) is 45.2 Å². The number of rotatable bonds is 5. The fourth-order valence-corrected chi connectivity index (χ4v) is 3.55. The topological polar surface area (TPSA) is 96.3 Å². The summed E-state index contributed by atoms with van der Waals surface area (Å²) in [4.78, 5) is 12.6. The molecular formula is C16H31N3O4. The molecule has 2 aliphatic heterocycles. The number of aliphatic hydroxyl groups is 3. The second kappa shape index (κ2) is 8.39. The SMILES string of the molecule is CCCCNC(=O)[C@H]1[C@H](O)[C@H](O)[C@@H](O)[C@@H](C)N1N1CCCCC1. The van der Waals surface area contributed by atoms with Crippen LogP contribution in [0.1, 0.15) is 46.0 Å². The van der Waals surface area contributed by atoms with Gasteiger partial charge < -0.3 is 20.6 Å². The van der Waals surface area contributed by atoms with Crippen LogP contribution < -0.4 is 5.32 Å². The van der Waals surface area contributed by atoms with Gasteiger partial charge in [0.15, 0.2) is 0 Å². The summed E-state index contributed by atoms with van der Waals surface area (Å²) in [6.07, 6.45) is 1.37. The highest BCUT2D eigenvalue weighted by Crippen LogP contribution is 2.28. The van der Waals surface area contributed by atoms with Crippen molar-refractivity contribution < 1.29 is 20.1 Å². The molecule has 0 spiro atoms. The Morgan fingerprint density at radius 1 is 1.09 bits per heavy atom. The lowest BCUT2D eigenvalue weighted by Crippen LogP contribution is -2.73. The van der Waals surface area contributed by atoms with Crippen molar-refractivity contribution in [1.29, 1.82) is 0 Å². The third-order valence-electron chi connectivity index (χ3n) is 4.98. The van der Waals surface area contributed by atoms with Crippen molar-refractivity contribution in [3.05, 3.63) is 0 Å². The molecule has 4 N–H and O–H groups in total. The van der Waals surface area contributed by atoms with Crippen LogP contribution in [-0.2, 0) is 4.79 Å². The van der Waals surface area contributed by atoms with E-state index in [9.17, 15) is 20.1 Å². The third kappa shape index (κ3) is 4.03. The van der Waals surface area contributed by atoms with Crippen LogP contribution in [-0.4, -0.2) is 81.3 Å². The van der Waals surface area contributed by atoms with E-state index in [1.54, 1.807) is 11.9 Å². The zero-order chi connectivity index (χ0) is 17.0. The number of hydrogen-bond acceptors (Lipinski definition) is 6. The van der Waals surface area contributed by atoms with Crippen LogP contribution in [0.15, 0.2) is 0 Å². The molecule has 7 heteroatoms. The maximum absolute atomic E-state index is 12.6. The second-order valence-corrected chi connectivity index (χ2v) is 6.70. The first kappa shape index (κ1) is 18.6. The Labute approximate surface area is 138 Å². The second-order valence-electron chi connectivity index (χ2n) is 6.70. The lowest BCUT2D eigenvalue weighted by atomic mass is 9.89. The highest BCUT2D eigenvalue weighted by Gasteiger charge is 2.50. The molecule has 0 saturated carbocycles. The molecule has 0 bridgehead atoms. The smallest absolute Gasteiger partial charge is 0.241 e. The van der Waals surface area contributed by atoms with Crippen LogP contribution in [0.25, 0.3) is 0 Å². The Morgan fingerprint density at radius 3 is 2.35 bits per heavy atom. The van der Waals surface area contributed by atoms with Gasteiger partial charge in [-0.05, 0) is 26.2 Å². The lowest BCUT2D eigenvalue weighted by molar-refractivity contribution is -0.224. The predicted molar refractivity (Wildman–Crippen MR) is 86.5 cm³/mol. The third-order valence-corrected chi connectivity index (χ3v) is 4.98. The van der Waals surface area contributed by atoms with E-state index in [1.165, 1.54) is 0 Å². The Kier molecular flexibility index (Phi) is 6.79. The summed E-state index contributed by atoms with van der Waals surface area (Å²) in [6, 6.07) is -1.29. The number of hydrazine groups is 1. The number of carbonyl (C=O) groups is 1. The highest BCUT2D eigenvalue weighted by molar-refractivity contribution is 5.82. The van der Waals surface area contributed by atoms with E-state index in [1.807, 2.05) is 6.92 Å². The molecule has 2 fully saturated rings. The summed E-state index contributed by atoms with van der Waals surface area (Å²) in [5.74, 6) is -0.283. The molecule has 0 unspecified atom stereocenters. The molecule has 134 valence electrons. The van der Waals surface area contributed by atoms with Crippen LogP contribution in [0.3, 0.4) is 0 Å². The molecule has 0 radical (unpaired) electrons. The molecule has 1 amide bonds. The van der Waals surface area contributed by atoms with E-state index in [-0.39, 0.29) is 5.91 Å². The minimum atomic E-state index is -1.31. The molecule has 0 aromatic carbocycles. The predicted octanol–water partition coefficient (Wildman–Crippen LogP) is -0.541. The maximum Gasteiger partial charge on any atom is 0.241 e. The molecule has 23 heavy (non-hydrogen) atoms. The summed E-state index contributed by atoms with van der Waals surface area (Å²) in [7, 11) is 0. The minimum absolute atomic E-state index is 0.283. The van der Waals surface area contributed by atoms with Crippen molar-refractivity contribution in [1.82, 2.24) is 15.3 Å². The molecule has 0 aromatic heterocycles. The number of hydrogen-bond donors (Lipinski definition) is 4. The van der Waals surface area contributed by atoms with Gasteiger partial charge in [0.05, 0.1) is 12.1 Å². The van der Waals surface area contributed by atoms with E-state index >= 15 is 0 Å². The van der Waals surface area contributed by atoms with E-state index in [2.05, 4.69) is 10.3 Å². The lowest BCUT2D eigenvalue weighted by Gasteiger charge is -2.52. The van der Waals surface area contributed by atoms with Crippen molar-refractivity contribution in [2.24, 2.45) is 0 Å². The van der Waals surface area contributed by atoms with E-state index in [4.69, 9.17) is 0 Å². The van der Waals surface area contributed by atoms with E-state index in [0.29, 0.717) is 6.54 Å². The first-order valence-electron chi connectivity index (χ1n) is 8.84. The van der Waals surface area contributed by atoms with Gasteiger partial charge in [0.25, 0.3) is 0 Å². The Balaban J connectivity index is 2.18. The van der Waals surface area contributed by atoms with Crippen LogP contribution in [0, 0.1) is 0 Å². The molecule has 0 aromatic rings. The van der Waals surface area contributed by atoms with E-state index < -0.39 is 30.4 Å². The molecule has 0 aliphatic carbocycles. The average Bonchev–Trinajstić information content (AvgIpc) is 2.56. The number of nitrogens with one attached hydrogen (secondary N) is 1. The largest absolute Gasteiger partial charge is 0.389 e. The standard InChI is InChI=1S/C16H31N3O4/c1-3-4-8-17-16(23)12-14(21)15(22)13(20)11(2)19(12)18-9-6-5-7-10-18/h11-15,20-22H,3-10H2,1-2H3,(H,17,23)/t11-,12-,13+,14+,15-/m1/s1. The van der Waals surface area contributed by atoms with Gasteiger partial charge in [0.1, 0.15) is 18.2 Å². The number of carbonyl (C=O) groups excluding carboxylic acids is 1. The summed E-state index contributed by atoms with van der Waals surface area (Å²) in [6.45, 7) is 6.00. The minimum Gasteiger partial charge on any atom is -0.389 e. The van der Waals surface area contributed by atoms with Gasteiger partial charge in [0, 0.05) is 19.6 Å². The highest BCUT2D eigenvalue weighted by atomic mass is 16.4. The first-order chi connectivity index (χ1) is 11.0. The van der Waals surface area contributed by atoms with Gasteiger partial charge >= 0.3 is 0 Å². The quantitative estimate of drug-likeness (QED) is 0.506.